The monoisotopic (exact) mass is 262 g/mol. The summed E-state index contributed by atoms with van der Waals surface area (Å²) in [7, 11) is 0. The van der Waals surface area contributed by atoms with Crippen LogP contribution >= 0.6 is 0 Å². The average Bonchev–Trinajstić information content (AvgIpc) is 2.85. The van der Waals surface area contributed by atoms with E-state index in [-0.39, 0.29) is 0 Å². The van der Waals surface area contributed by atoms with Crippen LogP contribution in [0.25, 0.3) is 0 Å². The third-order valence-corrected chi connectivity index (χ3v) is 4.65. The molecule has 2 aliphatic heterocycles. The van der Waals surface area contributed by atoms with Crippen molar-refractivity contribution in [3.05, 3.63) is 17.7 Å². The fourth-order valence-electron chi connectivity index (χ4n) is 3.43. The van der Waals surface area contributed by atoms with E-state index in [1.807, 2.05) is 6.33 Å². The van der Waals surface area contributed by atoms with Crippen LogP contribution in [0.3, 0.4) is 0 Å². The molecule has 1 unspecified atom stereocenters. The molecule has 3 heterocycles. The van der Waals surface area contributed by atoms with Gasteiger partial charge in [0.1, 0.15) is 0 Å². The van der Waals surface area contributed by atoms with Gasteiger partial charge in [-0.3, -0.25) is 0 Å². The van der Waals surface area contributed by atoms with Gasteiger partial charge in [-0.05, 0) is 32.7 Å². The molecule has 0 radical (unpaired) electrons. The molecule has 1 atom stereocenters. The van der Waals surface area contributed by atoms with Crippen LogP contribution in [-0.2, 0) is 19.5 Å². The topological polar surface area (TPSA) is 33.1 Å². The molecule has 0 saturated carbocycles. The Labute approximate surface area is 116 Å². The fraction of sp³-hybridized carbons (Fsp3) is 0.800. The number of aromatic nitrogens is 2. The molecule has 1 saturated heterocycles. The molecule has 0 spiro atoms. The summed E-state index contributed by atoms with van der Waals surface area (Å²) in [5.74, 6) is 0. The standard InChI is InChI=1S/C15H26N4/c1-13-5-2-3-8-18(13)9-4-10-19-12-17-14-11-16-7-6-15(14)19/h12-13,16H,2-11H2,1H3. The summed E-state index contributed by atoms with van der Waals surface area (Å²) in [4.78, 5) is 7.19. The van der Waals surface area contributed by atoms with Gasteiger partial charge in [-0.1, -0.05) is 6.42 Å². The van der Waals surface area contributed by atoms with E-state index in [4.69, 9.17) is 0 Å². The molecule has 19 heavy (non-hydrogen) atoms. The number of hydrogen-bond acceptors (Lipinski definition) is 3. The first-order chi connectivity index (χ1) is 9.34. The smallest absolute Gasteiger partial charge is 0.0952 e. The highest BCUT2D eigenvalue weighted by molar-refractivity contribution is 5.16. The van der Waals surface area contributed by atoms with Gasteiger partial charge < -0.3 is 14.8 Å². The molecule has 1 N–H and O–H groups in total. The summed E-state index contributed by atoms with van der Waals surface area (Å²) in [6.45, 7) is 8.10. The predicted octanol–water partition coefficient (Wildman–Crippen LogP) is 1.79. The minimum absolute atomic E-state index is 0.787. The molecular weight excluding hydrogens is 236 g/mol. The molecule has 0 amide bonds. The molecule has 0 aliphatic carbocycles. The highest BCUT2D eigenvalue weighted by atomic mass is 15.2. The van der Waals surface area contributed by atoms with Crippen LogP contribution in [0, 0.1) is 0 Å². The van der Waals surface area contributed by atoms with E-state index in [2.05, 4.69) is 26.7 Å². The lowest BCUT2D eigenvalue weighted by Crippen LogP contribution is -2.38. The molecule has 0 aromatic carbocycles. The van der Waals surface area contributed by atoms with Crippen LogP contribution in [0.15, 0.2) is 6.33 Å². The van der Waals surface area contributed by atoms with Gasteiger partial charge in [0, 0.05) is 44.3 Å². The van der Waals surface area contributed by atoms with E-state index in [1.165, 1.54) is 50.2 Å². The summed E-state index contributed by atoms with van der Waals surface area (Å²) < 4.78 is 2.38. The first kappa shape index (κ1) is 13.1. The third-order valence-electron chi connectivity index (χ3n) is 4.65. The zero-order valence-electron chi connectivity index (χ0n) is 12.1. The quantitative estimate of drug-likeness (QED) is 0.898. The molecule has 1 aromatic heterocycles. The number of hydrogen-bond donors (Lipinski definition) is 1. The van der Waals surface area contributed by atoms with E-state index >= 15 is 0 Å². The van der Waals surface area contributed by atoms with Crippen molar-refractivity contribution >= 4 is 0 Å². The van der Waals surface area contributed by atoms with E-state index in [1.54, 1.807) is 0 Å². The lowest BCUT2D eigenvalue weighted by Gasteiger charge is -2.33. The zero-order valence-corrected chi connectivity index (χ0v) is 12.1. The van der Waals surface area contributed by atoms with Crippen LogP contribution in [0.4, 0.5) is 0 Å². The summed E-state index contributed by atoms with van der Waals surface area (Å²) in [6.07, 6.45) is 8.61. The van der Waals surface area contributed by atoms with Crippen molar-refractivity contribution in [3.8, 4) is 0 Å². The summed E-state index contributed by atoms with van der Waals surface area (Å²) in [6, 6.07) is 0.787. The van der Waals surface area contributed by atoms with Crippen molar-refractivity contribution in [2.24, 2.45) is 0 Å². The highest BCUT2D eigenvalue weighted by Gasteiger charge is 2.18. The van der Waals surface area contributed by atoms with E-state index in [0.29, 0.717) is 0 Å². The first-order valence-corrected chi connectivity index (χ1v) is 7.82. The van der Waals surface area contributed by atoms with Crippen molar-refractivity contribution in [3.63, 3.8) is 0 Å². The second-order valence-corrected chi connectivity index (χ2v) is 5.99. The second-order valence-electron chi connectivity index (χ2n) is 5.99. The number of imidazole rings is 1. The van der Waals surface area contributed by atoms with Crippen LogP contribution in [0.2, 0.25) is 0 Å². The van der Waals surface area contributed by atoms with Crippen LogP contribution in [0.5, 0.6) is 0 Å². The Kier molecular flexibility index (Phi) is 4.18. The van der Waals surface area contributed by atoms with Crippen LogP contribution < -0.4 is 5.32 Å². The highest BCUT2D eigenvalue weighted by Crippen LogP contribution is 2.17. The van der Waals surface area contributed by atoms with Crippen molar-refractivity contribution in [1.82, 2.24) is 19.8 Å². The number of nitrogens with zero attached hydrogens (tertiary/aromatic N) is 3. The van der Waals surface area contributed by atoms with Crippen molar-refractivity contribution in [2.45, 2.75) is 58.2 Å². The summed E-state index contributed by atoms with van der Waals surface area (Å²) in [5, 5.41) is 3.38. The predicted molar refractivity (Wildman–Crippen MR) is 77.1 cm³/mol. The van der Waals surface area contributed by atoms with Crippen molar-refractivity contribution in [2.75, 3.05) is 19.6 Å². The minimum Gasteiger partial charge on any atom is -0.334 e. The average molecular weight is 262 g/mol. The Bertz CT molecular complexity index is 412. The third kappa shape index (κ3) is 3.00. The number of nitrogens with one attached hydrogen (secondary N) is 1. The van der Waals surface area contributed by atoms with Crippen LogP contribution in [-0.4, -0.2) is 40.1 Å². The van der Waals surface area contributed by atoms with Gasteiger partial charge in [0.25, 0.3) is 0 Å². The molecule has 3 rings (SSSR count). The van der Waals surface area contributed by atoms with E-state index in [9.17, 15) is 0 Å². The lowest BCUT2D eigenvalue weighted by atomic mass is 10.0. The van der Waals surface area contributed by atoms with Gasteiger partial charge in [0.05, 0.1) is 12.0 Å². The number of rotatable bonds is 4. The first-order valence-electron chi connectivity index (χ1n) is 7.82. The molecule has 1 aromatic rings. The summed E-state index contributed by atoms with van der Waals surface area (Å²) in [5.41, 5.74) is 2.73. The molecular formula is C15H26N4. The maximum Gasteiger partial charge on any atom is 0.0952 e. The number of fused-ring (bicyclic) bond motifs is 1. The van der Waals surface area contributed by atoms with Gasteiger partial charge in [0.2, 0.25) is 0 Å². The van der Waals surface area contributed by atoms with Crippen LogP contribution in [0.1, 0.15) is 44.0 Å². The van der Waals surface area contributed by atoms with Gasteiger partial charge in [0.15, 0.2) is 0 Å². The largest absolute Gasteiger partial charge is 0.334 e. The maximum absolute atomic E-state index is 4.52. The zero-order chi connectivity index (χ0) is 13.1. The minimum atomic E-state index is 0.787. The summed E-state index contributed by atoms with van der Waals surface area (Å²) >= 11 is 0. The number of aryl methyl sites for hydroxylation is 1. The molecule has 0 bridgehead atoms. The van der Waals surface area contributed by atoms with Gasteiger partial charge in [-0.15, -0.1) is 0 Å². The Morgan fingerprint density at radius 3 is 3.21 bits per heavy atom. The Morgan fingerprint density at radius 1 is 1.37 bits per heavy atom. The van der Waals surface area contributed by atoms with Gasteiger partial charge >= 0.3 is 0 Å². The van der Waals surface area contributed by atoms with E-state index in [0.717, 1.165) is 32.1 Å². The molecule has 4 nitrogen and oxygen atoms in total. The van der Waals surface area contributed by atoms with Gasteiger partial charge in [-0.2, -0.15) is 0 Å². The van der Waals surface area contributed by atoms with Crippen molar-refractivity contribution in [1.29, 1.82) is 0 Å². The SMILES string of the molecule is CC1CCCCN1CCCn1cnc2c1CCNC2. The van der Waals surface area contributed by atoms with E-state index < -0.39 is 0 Å². The molecule has 1 fully saturated rings. The maximum atomic E-state index is 4.52. The fourth-order valence-corrected chi connectivity index (χ4v) is 3.43. The number of likely N-dealkylation sites (tertiary alicyclic amines) is 1. The van der Waals surface area contributed by atoms with Crippen molar-refractivity contribution < 1.29 is 0 Å². The van der Waals surface area contributed by atoms with Gasteiger partial charge in [-0.25, -0.2) is 4.98 Å². The molecule has 4 heteroatoms. The molecule has 2 aliphatic rings. The Morgan fingerprint density at radius 2 is 2.32 bits per heavy atom. The second kappa shape index (κ2) is 6.06. The Hall–Kier alpha value is -0.870. The lowest BCUT2D eigenvalue weighted by molar-refractivity contribution is 0.156. The number of piperidine rings is 1. The Balaban J connectivity index is 1.51. The molecule has 106 valence electrons. The normalized spacial score (nSPS) is 24.4.